The van der Waals surface area contributed by atoms with Gasteiger partial charge in [-0.2, -0.15) is 0 Å². The summed E-state index contributed by atoms with van der Waals surface area (Å²) in [5.41, 5.74) is 5.72. The lowest BCUT2D eigenvalue weighted by Crippen LogP contribution is -2.43. The highest BCUT2D eigenvalue weighted by molar-refractivity contribution is 5.99. The van der Waals surface area contributed by atoms with Crippen LogP contribution in [0.2, 0.25) is 0 Å². The lowest BCUT2D eigenvalue weighted by atomic mass is 9.95. The number of fused-ring (bicyclic) bond motifs is 2. The number of amides is 1. The topological polar surface area (TPSA) is 33.5 Å². The third-order valence-electron chi connectivity index (χ3n) is 5.28. The second-order valence-electron chi connectivity index (χ2n) is 7.32. The Balaban J connectivity index is 1.69. The van der Waals surface area contributed by atoms with Crippen LogP contribution in [0.1, 0.15) is 35.6 Å². The molecule has 1 aromatic heterocycles. The van der Waals surface area contributed by atoms with Gasteiger partial charge in [-0.15, -0.1) is 0 Å². The minimum absolute atomic E-state index is 0.0210. The molecule has 0 radical (unpaired) electrons. The van der Waals surface area contributed by atoms with Crippen molar-refractivity contribution in [2.24, 2.45) is 0 Å². The lowest BCUT2D eigenvalue weighted by Gasteiger charge is -2.35. The third kappa shape index (κ3) is 2.79. The SMILES string of the molecule is Cc1cc(C)c2c(CC(=O)N3c4ccc(F)cc4CCC3C)coc2c1. The molecule has 0 aliphatic carbocycles. The fraction of sp³-hybridized carbons (Fsp3) is 0.318. The Kier molecular flexibility index (Phi) is 4.06. The van der Waals surface area contributed by atoms with Crippen molar-refractivity contribution in [3.05, 3.63) is 64.7 Å². The van der Waals surface area contributed by atoms with Crippen LogP contribution >= 0.6 is 0 Å². The maximum atomic E-state index is 13.6. The van der Waals surface area contributed by atoms with Gasteiger partial charge in [-0.25, -0.2) is 4.39 Å². The first-order valence-corrected chi connectivity index (χ1v) is 9.02. The lowest BCUT2D eigenvalue weighted by molar-refractivity contribution is -0.118. The average molecular weight is 351 g/mol. The summed E-state index contributed by atoms with van der Waals surface area (Å²) in [6, 6.07) is 8.90. The number of carbonyl (C=O) groups excluding carboxylic acids is 1. The molecular weight excluding hydrogens is 329 g/mol. The Labute approximate surface area is 152 Å². The van der Waals surface area contributed by atoms with Crippen molar-refractivity contribution in [3.63, 3.8) is 0 Å². The van der Waals surface area contributed by atoms with Crippen LogP contribution in [-0.4, -0.2) is 11.9 Å². The number of halogens is 1. The van der Waals surface area contributed by atoms with Crippen molar-refractivity contribution < 1.29 is 13.6 Å². The summed E-state index contributed by atoms with van der Waals surface area (Å²) < 4.78 is 19.3. The van der Waals surface area contributed by atoms with Crippen molar-refractivity contribution in [1.82, 2.24) is 0 Å². The van der Waals surface area contributed by atoms with Gasteiger partial charge in [0.05, 0.1) is 12.7 Å². The van der Waals surface area contributed by atoms with Crippen LogP contribution in [0.4, 0.5) is 10.1 Å². The van der Waals surface area contributed by atoms with Crippen LogP contribution in [-0.2, 0) is 17.6 Å². The molecule has 1 unspecified atom stereocenters. The molecule has 0 spiro atoms. The van der Waals surface area contributed by atoms with E-state index in [2.05, 4.69) is 6.07 Å². The van der Waals surface area contributed by atoms with E-state index in [1.54, 1.807) is 18.4 Å². The van der Waals surface area contributed by atoms with E-state index >= 15 is 0 Å². The average Bonchev–Trinajstić information content (AvgIpc) is 2.97. The molecule has 1 aliphatic heterocycles. The zero-order valence-electron chi connectivity index (χ0n) is 15.3. The second-order valence-corrected chi connectivity index (χ2v) is 7.32. The number of anilines is 1. The summed E-state index contributed by atoms with van der Waals surface area (Å²) in [5.74, 6) is -0.231. The van der Waals surface area contributed by atoms with E-state index in [1.165, 1.54) is 6.07 Å². The van der Waals surface area contributed by atoms with Crippen LogP contribution < -0.4 is 4.90 Å². The number of aryl methyl sites for hydroxylation is 3. The molecule has 4 rings (SSSR count). The molecule has 2 heterocycles. The third-order valence-corrected chi connectivity index (χ3v) is 5.28. The summed E-state index contributed by atoms with van der Waals surface area (Å²) >= 11 is 0. The van der Waals surface area contributed by atoms with Gasteiger partial charge in [0.2, 0.25) is 5.91 Å². The normalized spacial score (nSPS) is 16.8. The molecule has 3 nitrogen and oxygen atoms in total. The van der Waals surface area contributed by atoms with Crippen LogP contribution in [0.25, 0.3) is 11.0 Å². The number of hydrogen-bond donors (Lipinski definition) is 0. The molecule has 1 aliphatic rings. The van der Waals surface area contributed by atoms with Crippen molar-refractivity contribution in [3.8, 4) is 0 Å². The van der Waals surface area contributed by atoms with E-state index in [-0.39, 0.29) is 24.2 Å². The first kappa shape index (κ1) is 16.8. The predicted octanol–water partition coefficient (Wildman–Crippen LogP) is 5.10. The van der Waals surface area contributed by atoms with Gasteiger partial charge in [0.15, 0.2) is 0 Å². The maximum absolute atomic E-state index is 13.6. The van der Waals surface area contributed by atoms with Gasteiger partial charge in [0.1, 0.15) is 11.4 Å². The quantitative estimate of drug-likeness (QED) is 0.644. The van der Waals surface area contributed by atoms with Gasteiger partial charge in [-0.1, -0.05) is 6.07 Å². The van der Waals surface area contributed by atoms with E-state index in [0.717, 1.165) is 51.8 Å². The summed E-state index contributed by atoms with van der Waals surface area (Å²) in [7, 11) is 0. The van der Waals surface area contributed by atoms with E-state index in [9.17, 15) is 9.18 Å². The maximum Gasteiger partial charge on any atom is 0.231 e. The predicted molar refractivity (Wildman–Crippen MR) is 101 cm³/mol. The van der Waals surface area contributed by atoms with Crippen molar-refractivity contribution in [2.75, 3.05) is 4.90 Å². The number of benzene rings is 2. The second kappa shape index (κ2) is 6.27. The molecule has 0 fully saturated rings. The fourth-order valence-corrected chi connectivity index (χ4v) is 4.11. The van der Waals surface area contributed by atoms with E-state index in [4.69, 9.17) is 4.42 Å². The minimum Gasteiger partial charge on any atom is -0.464 e. The summed E-state index contributed by atoms with van der Waals surface area (Å²) in [4.78, 5) is 15.0. The number of nitrogens with zero attached hydrogens (tertiary/aromatic N) is 1. The fourth-order valence-electron chi connectivity index (χ4n) is 4.11. The van der Waals surface area contributed by atoms with Gasteiger partial charge in [-0.05, 0) is 74.6 Å². The Morgan fingerprint density at radius 3 is 2.88 bits per heavy atom. The van der Waals surface area contributed by atoms with Gasteiger partial charge >= 0.3 is 0 Å². The molecule has 1 atom stereocenters. The highest BCUT2D eigenvalue weighted by Crippen LogP contribution is 2.33. The van der Waals surface area contributed by atoms with Crippen LogP contribution in [0.3, 0.4) is 0 Å². The molecule has 0 bridgehead atoms. The van der Waals surface area contributed by atoms with Crippen LogP contribution in [0.5, 0.6) is 0 Å². The van der Waals surface area contributed by atoms with Crippen LogP contribution in [0.15, 0.2) is 41.0 Å². The number of rotatable bonds is 2. The van der Waals surface area contributed by atoms with Gasteiger partial charge < -0.3 is 9.32 Å². The largest absolute Gasteiger partial charge is 0.464 e. The highest BCUT2D eigenvalue weighted by Gasteiger charge is 2.29. The highest BCUT2D eigenvalue weighted by atomic mass is 19.1. The molecule has 26 heavy (non-hydrogen) atoms. The zero-order chi connectivity index (χ0) is 18.4. The summed E-state index contributed by atoms with van der Waals surface area (Å²) in [6.45, 7) is 6.12. The van der Waals surface area contributed by atoms with Gasteiger partial charge in [0, 0.05) is 22.7 Å². The standard InChI is InChI=1S/C22H22FNO2/c1-13-8-14(2)22-17(12-26-20(22)9-13)11-21(25)24-15(3)4-5-16-10-18(23)6-7-19(16)24/h6-10,12,15H,4-5,11H2,1-3H3. The Hall–Kier alpha value is -2.62. The first-order chi connectivity index (χ1) is 12.4. The molecule has 2 aromatic carbocycles. The summed E-state index contributed by atoms with van der Waals surface area (Å²) in [6.07, 6.45) is 3.60. The molecular formula is C22H22FNO2. The summed E-state index contributed by atoms with van der Waals surface area (Å²) in [5, 5.41) is 1.02. The van der Waals surface area contributed by atoms with Gasteiger partial charge in [0.25, 0.3) is 0 Å². The van der Waals surface area contributed by atoms with Crippen molar-refractivity contribution in [2.45, 2.75) is 46.1 Å². The number of furan rings is 1. The van der Waals surface area contributed by atoms with E-state index in [0.29, 0.717) is 0 Å². The Morgan fingerprint density at radius 1 is 1.27 bits per heavy atom. The first-order valence-electron chi connectivity index (χ1n) is 9.02. The van der Waals surface area contributed by atoms with E-state index < -0.39 is 0 Å². The molecule has 1 amide bonds. The minimum atomic E-state index is -0.252. The Morgan fingerprint density at radius 2 is 2.08 bits per heavy atom. The monoisotopic (exact) mass is 351 g/mol. The number of hydrogen-bond acceptors (Lipinski definition) is 2. The zero-order valence-corrected chi connectivity index (χ0v) is 15.3. The molecule has 4 heteroatoms. The van der Waals surface area contributed by atoms with E-state index in [1.807, 2.05) is 31.7 Å². The molecule has 0 saturated heterocycles. The molecule has 0 saturated carbocycles. The van der Waals surface area contributed by atoms with Gasteiger partial charge in [-0.3, -0.25) is 4.79 Å². The number of carbonyl (C=O) groups is 1. The van der Waals surface area contributed by atoms with Crippen molar-refractivity contribution >= 4 is 22.6 Å². The molecule has 0 N–H and O–H groups in total. The molecule has 3 aromatic rings. The smallest absolute Gasteiger partial charge is 0.231 e. The molecule has 134 valence electrons. The van der Waals surface area contributed by atoms with Crippen LogP contribution in [0, 0.1) is 19.7 Å². The Bertz CT molecular complexity index is 1000. The van der Waals surface area contributed by atoms with Crippen molar-refractivity contribution in [1.29, 1.82) is 0 Å².